The maximum atomic E-state index is 13.3. The van der Waals surface area contributed by atoms with Gasteiger partial charge in [-0.15, -0.1) is 0 Å². The Balaban J connectivity index is 1.79. The van der Waals surface area contributed by atoms with Crippen LogP contribution in [-0.2, 0) is 16.1 Å². The van der Waals surface area contributed by atoms with Crippen LogP contribution in [0.2, 0.25) is 0 Å². The van der Waals surface area contributed by atoms with E-state index < -0.39 is 17.7 Å². The van der Waals surface area contributed by atoms with Crippen LogP contribution >= 0.6 is 0 Å². The molecule has 2 heterocycles. The van der Waals surface area contributed by atoms with Gasteiger partial charge in [0.2, 0.25) is 0 Å². The second kappa shape index (κ2) is 11.6. The number of benzene rings is 2. The summed E-state index contributed by atoms with van der Waals surface area (Å²) < 4.78 is 16.4. The molecule has 1 N–H and O–H groups in total. The van der Waals surface area contributed by atoms with Crippen molar-refractivity contribution in [2.24, 2.45) is 0 Å². The molecule has 37 heavy (non-hydrogen) atoms. The SMILES string of the molecule is CCCCOc1ccc(C2/C(=C(\O)c3ccc(OC)c(OC)c3)C(=O)C(=O)N2Cc2ccncc2)cc1. The van der Waals surface area contributed by atoms with Crippen LogP contribution in [-0.4, -0.2) is 47.5 Å². The van der Waals surface area contributed by atoms with Gasteiger partial charge in [-0.25, -0.2) is 0 Å². The van der Waals surface area contributed by atoms with E-state index in [4.69, 9.17) is 14.2 Å². The van der Waals surface area contributed by atoms with Crippen molar-refractivity contribution in [3.05, 3.63) is 89.3 Å². The largest absolute Gasteiger partial charge is 0.507 e. The first-order chi connectivity index (χ1) is 18.0. The van der Waals surface area contributed by atoms with Gasteiger partial charge in [-0.05, 0) is 60.0 Å². The number of hydrogen-bond donors (Lipinski definition) is 1. The molecule has 1 atom stereocenters. The van der Waals surface area contributed by atoms with E-state index in [1.165, 1.54) is 19.1 Å². The summed E-state index contributed by atoms with van der Waals surface area (Å²) in [6.07, 6.45) is 5.23. The number of amides is 1. The molecule has 192 valence electrons. The minimum absolute atomic E-state index is 0.00549. The molecule has 2 aromatic carbocycles. The number of rotatable bonds is 10. The predicted octanol–water partition coefficient (Wildman–Crippen LogP) is 4.90. The number of ether oxygens (including phenoxy) is 3. The van der Waals surface area contributed by atoms with E-state index in [1.54, 1.807) is 42.7 Å². The number of nitrogens with zero attached hydrogens (tertiary/aromatic N) is 2. The fourth-order valence-electron chi connectivity index (χ4n) is 4.29. The van der Waals surface area contributed by atoms with Gasteiger partial charge in [0.05, 0.1) is 32.4 Å². The highest BCUT2D eigenvalue weighted by molar-refractivity contribution is 6.46. The van der Waals surface area contributed by atoms with Crippen molar-refractivity contribution in [2.45, 2.75) is 32.4 Å². The van der Waals surface area contributed by atoms with E-state index in [0.29, 0.717) is 35.0 Å². The van der Waals surface area contributed by atoms with E-state index in [1.807, 2.05) is 24.3 Å². The van der Waals surface area contributed by atoms with Gasteiger partial charge < -0.3 is 24.2 Å². The maximum absolute atomic E-state index is 13.3. The fourth-order valence-corrected chi connectivity index (χ4v) is 4.29. The zero-order valence-corrected chi connectivity index (χ0v) is 21.1. The molecule has 1 aliphatic heterocycles. The third kappa shape index (κ3) is 5.43. The van der Waals surface area contributed by atoms with E-state index in [-0.39, 0.29) is 17.9 Å². The molecule has 0 aliphatic carbocycles. The van der Waals surface area contributed by atoms with Gasteiger partial charge in [0, 0.05) is 24.5 Å². The Morgan fingerprint density at radius 2 is 1.68 bits per heavy atom. The second-order valence-electron chi connectivity index (χ2n) is 8.62. The molecule has 1 unspecified atom stereocenters. The summed E-state index contributed by atoms with van der Waals surface area (Å²) in [5.74, 6) is -0.162. The predicted molar refractivity (Wildman–Crippen MR) is 138 cm³/mol. The molecular formula is C29H30N2O6. The maximum Gasteiger partial charge on any atom is 0.295 e. The van der Waals surface area contributed by atoms with E-state index in [0.717, 1.165) is 18.4 Å². The van der Waals surface area contributed by atoms with Crippen molar-refractivity contribution in [1.82, 2.24) is 9.88 Å². The van der Waals surface area contributed by atoms with E-state index >= 15 is 0 Å². The molecule has 0 radical (unpaired) electrons. The van der Waals surface area contributed by atoms with Crippen molar-refractivity contribution in [2.75, 3.05) is 20.8 Å². The number of aromatic nitrogens is 1. The Bertz CT molecular complexity index is 1290. The second-order valence-corrected chi connectivity index (χ2v) is 8.62. The van der Waals surface area contributed by atoms with Crippen molar-refractivity contribution >= 4 is 17.4 Å². The molecule has 8 nitrogen and oxygen atoms in total. The third-order valence-corrected chi connectivity index (χ3v) is 6.26. The minimum Gasteiger partial charge on any atom is -0.507 e. The van der Waals surface area contributed by atoms with Crippen LogP contribution in [0.3, 0.4) is 0 Å². The van der Waals surface area contributed by atoms with Crippen LogP contribution in [0.15, 0.2) is 72.6 Å². The molecule has 1 aromatic heterocycles. The summed E-state index contributed by atoms with van der Waals surface area (Å²) in [6.45, 7) is 2.88. The smallest absolute Gasteiger partial charge is 0.295 e. The summed E-state index contributed by atoms with van der Waals surface area (Å²) in [4.78, 5) is 32.1. The normalized spacial score (nSPS) is 16.6. The van der Waals surface area contributed by atoms with Crippen LogP contribution in [0, 0.1) is 0 Å². The highest BCUT2D eigenvalue weighted by atomic mass is 16.5. The minimum atomic E-state index is -0.800. The number of aliphatic hydroxyl groups excluding tert-OH is 1. The Morgan fingerprint density at radius 1 is 0.973 bits per heavy atom. The Labute approximate surface area is 216 Å². The van der Waals surface area contributed by atoms with Crippen LogP contribution in [0.1, 0.15) is 42.5 Å². The molecule has 1 amide bonds. The number of Topliss-reactive ketones (excluding diaryl/α,β-unsaturated/α-hetero) is 1. The van der Waals surface area contributed by atoms with Crippen molar-refractivity contribution in [1.29, 1.82) is 0 Å². The van der Waals surface area contributed by atoms with E-state index in [9.17, 15) is 14.7 Å². The molecule has 1 fully saturated rings. The van der Waals surface area contributed by atoms with E-state index in [2.05, 4.69) is 11.9 Å². The number of methoxy groups -OCH3 is 2. The first-order valence-corrected chi connectivity index (χ1v) is 12.1. The molecule has 3 aromatic rings. The van der Waals surface area contributed by atoms with Crippen molar-refractivity contribution in [3.8, 4) is 17.2 Å². The average Bonchev–Trinajstić information content (AvgIpc) is 3.18. The lowest BCUT2D eigenvalue weighted by molar-refractivity contribution is -0.140. The molecule has 0 spiro atoms. The summed E-state index contributed by atoms with van der Waals surface area (Å²) in [5.41, 5.74) is 1.83. The van der Waals surface area contributed by atoms with Crippen molar-refractivity contribution in [3.63, 3.8) is 0 Å². The monoisotopic (exact) mass is 502 g/mol. The highest BCUT2D eigenvalue weighted by Gasteiger charge is 2.46. The quantitative estimate of drug-likeness (QED) is 0.182. The average molecular weight is 503 g/mol. The first-order valence-electron chi connectivity index (χ1n) is 12.1. The molecule has 8 heteroatoms. The number of unbranched alkanes of at least 4 members (excludes halogenated alkanes) is 1. The highest BCUT2D eigenvalue weighted by Crippen LogP contribution is 2.41. The first kappa shape index (κ1) is 25.8. The van der Waals surface area contributed by atoms with Gasteiger partial charge in [-0.3, -0.25) is 14.6 Å². The number of aliphatic hydroxyl groups is 1. The van der Waals surface area contributed by atoms with Crippen LogP contribution < -0.4 is 14.2 Å². The van der Waals surface area contributed by atoms with Gasteiger partial charge in [0.15, 0.2) is 11.5 Å². The zero-order chi connectivity index (χ0) is 26.4. The lowest BCUT2D eigenvalue weighted by atomic mass is 9.95. The molecule has 1 saturated heterocycles. The zero-order valence-electron chi connectivity index (χ0n) is 21.1. The molecule has 1 aliphatic rings. The summed E-state index contributed by atoms with van der Waals surface area (Å²) in [5, 5.41) is 11.4. The number of carbonyl (C=O) groups is 2. The van der Waals surface area contributed by atoms with Gasteiger partial charge in [0.1, 0.15) is 11.5 Å². The number of pyridine rings is 1. The van der Waals surface area contributed by atoms with Crippen molar-refractivity contribution < 1.29 is 28.9 Å². The van der Waals surface area contributed by atoms with Crippen LogP contribution in [0.4, 0.5) is 0 Å². The Kier molecular flexibility index (Phi) is 8.08. The summed E-state index contributed by atoms with van der Waals surface area (Å²) >= 11 is 0. The number of ketones is 1. The number of hydrogen-bond acceptors (Lipinski definition) is 7. The molecule has 4 rings (SSSR count). The molecular weight excluding hydrogens is 472 g/mol. The number of likely N-dealkylation sites (tertiary alicyclic amines) is 1. The molecule has 0 saturated carbocycles. The Morgan fingerprint density at radius 3 is 2.32 bits per heavy atom. The van der Waals surface area contributed by atoms with Gasteiger partial charge >= 0.3 is 0 Å². The lowest BCUT2D eigenvalue weighted by Crippen LogP contribution is -2.29. The summed E-state index contributed by atoms with van der Waals surface area (Å²) in [7, 11) is 3.00. The Hall–Kier alpha value is -4.33. The van der Waals surface area contributed by atoms with Crippen LogP contribution in [0.5, 0.6) is 17.2 Å². The van der Waals surface area contributed by atoms with Gasteiger partial charge in [-0.2, -0.15) is 0 Å². The standard InChI is InChI=1S/C29H30N2O6/c1-4-5-16-37-22-9-6-20(7-10-22)26-25(27(32)21-8-11-23(35-2)24(17-21)36-3)28(33)29(34)31(26)18-19-12-14-30-15-13-19/h6-15,17,26,32H,4-5,16,18H2,1-3H3/b27-25+. The lowest BCUT2D eigenvalue weighted by Gasteiger charge is -2.25. The topological polar surface area (TPSA) is 98.2 Å². The number of carbonyl (C=O) groups excluding carboxylic acids is 2. The van der Waals surface area contributed by atoms with Gasteiger partial charge in [0.25, 0.3) is 11.7 Å². The third-order valence-electron chi connectivity index (χ3n) is 6.26. The fraction of sp³-hybridized carbons (Fsp3) is 0.276. The molecule has 0 bridgehead atoms. The van der Waals surface area contributed by atoms with Gasteiger partial charge in [-0.1, -0.05) is 25.5 Å². The summed E-state index contributed by atoms with van der Waals surface area (Å²) in [6, 6.07) is 14.9. The van der Waals surface area contributed by atoms with Crippen LogP contribution in [0.25, 0.3) is 5.76 Å².